The molecule has 0 bridgehead atoms. The summed E-state index contributed by atoms with van der Waals surface area (Å²) in [5.41, 5.74) is 1.17. The van der Waals surface area contributed by atoms with Crippen LogP contribution >= 0.6 is 0 Å². The van der Waals surface area contributed by atoms with Crippen LogP contribution in [0, 0.1) is 0 Å². The van der Waals surface area contributed by atoms with Crippen molar-refractivity contribution in [1.82, 2.24) is 10.2 Å². The van der Waals surface area contributed by atoms with Crippen molar-refractivity contribution in [1.29, 1.82) is 0 Å². The first-order valence-electron chi connectivity index (χ1n) is 6.17. The number of benzene rings is 1. The Balaban J connectivity index is 1.99. The average Bonchev–Trinajstić information content (AvgIpc) is 2.76. The summed E-state index contributed by atoms with van der Waals surface area (Å²) >= 11 is 0. The predicted molar refractivity (Wildman–Crippen MR) is 72.3 cm³/mol. The third-order valence-electron chi connectivity index (χ3n) is 3.44. The summed E-state index contributed by atoms with van der Waals surface area (Å²) in [5, 5.41) is 3.29. The maximum Gasteiger partial charge on any atom is 0.175 e. The number of hydrogen-bond donors (Lipinski definition) is 1. The molecule has 0 amide bonds. The highest BCUT2D eigenvalue weighted by Gasteiger charge is 2.20. The first-order valence-corrected chi connectivity index (χ1v) is 8.07. The smallest absolute Gasteiger partial charge is 0.175 e. The molecule has 0 aliphatic carbocycles. The Kier molecular flexibility index (Phi) is 4.04. The molecular weight excluding hydrogens is 248 g/mol. The Labute approximate surface area is 109 Å². The number of hydrogen-bond acceptors (Lipinski definition) is 4. The van der Waals surface area contributed by atoms with Gasteiger partial charge in [-0.25, -0.2) is 8.42 Å². The van der Waals surface area contributed by atoms with Gasteiger partial charge < -0.3 is 5.32 Å². The van der Waals surface area contributed by atoms with E-state index < -0.39 is 9.84 Å². The van der Waals surface area contributed by atoms with Crippen LogP contribution in [0.3, 0.4) is 0 Å². The van der Waals surface area contributed by atoms with Gasteiger partial charge in [0.05, 0.1) is 4.90 Å². The van der Waals surface area contributed by atoms with E-state index in [0.29, 0.717) is 10.9 Å². The minimum absolute atomic E-state index is 0.390. The lowest BCUT2D eigenvalue weighted by molar-refractivity contribution is 0.322. The van der Waals surface area contributed by atoms with E-state index in [1.807, 2.05) is 19.2 Å². The van der Waals surface area contributed by atoms with Crippen molar-refractivity contribution >= 4 is 9.84 Å². The van der Waals surface area contributed by atoms with E-state index in [1.165, 1.54) is 18.2 Å². The molecule has 4 nitrogen and oxygen atoms in total. The standard InChI is InChI=1S/C13H20N2O2S/c1-14-12-7-8-15(10-12)9-11-3-5-13(6-4-11)18(2,16)17/h3-6,12,14H,7-10H2,1-2H3. The van der Waals surface area contributed by atoms with Gasteiger partial charge in [0.25, 0.3) is 0 Å². The van der Waals surface area contributed by atoms with Crippen molar-refractivity contribution in [2.75, 3.05) is 26.4 Å². The summed E-state index contributed by atoms with van der Waals surface area (Å²) in [5.74, 6) is 0. The second-order valence-electron chi connectivity index (χ2n) is 4.93. The highest BCUT2D eigenvalue weighted by atomic mass is 32.2. The summed E-state index contributed by atoms with van der Waals surface area (Å²) in [6.07, 6.45) is 2.41. The van der Waals surface area contributed by atoms with Crippen LogP contribution in [0.2, 0.25) is 0 Å². The molecule has 1 atom stereocenters. The Morgan fingerprint density at radius 2 is 2.00 bits per heavy atom. The molecule has 2 rings (SSSR count). The molecule has 1 aliphatic rings. The fourth-order valence-electron chi connectivity index (χ4n) is 2.31. The van der Waals surface area contributed by atoms with Crippen molar-refractivity contribution < 1.29 is 8.42 Å². The van der Waals surface area contributed by atoms with Crippen molar-refractivity contribution in [2.24, 2.45) is 0 Å². The number of sulfone groups is 1. The Bertz CT molecular complexity index is 496. The minimum atomic E-state index is -3.08. The molecule has 1 N–H and O–H groups in total. The van der Waals surface area contributed by atoms with E-state index in [9.17, 15) is 8.42 Å². The molecule has 0 saturated carbocycles. The normalized spacial score (nSPS) is 21.3. The highest BCUT2D eigenvalue weighted by Crippen LogP contribution is 2.15. The largest absolute Gasteiger partial charge is 0.316 e. The van der Waals surface area contributed by atoms with Gasteiger partial charge in [0.2, 0.25) is 0 Å². The fraction of sp³-hybridized carbons (Fsp3) is 0.538. The molecule has 0 spiro atoms. The maximum absolute atomic E-state index is 11.4. The van der Waals surface area contributed by atoms with Gasteiger partial charge in [-0.15, -0.1) is 0 Å². The number of nitrogens with one attached hydrogen (secondary N) is 1. The predicted octanol–water partition coefficient (Wildman–Crippen LogP) is 0.884. The lowest BCUT2D eigenvalue weighted by atomic mass is 10.2. The molecule has 1 heterocycles. The molecule has 0 radical (unpaired) electrons. The minimum Gasteiger partial charge on any atom is -0.316 e. The van der Waals surface area contributed by atoms with Crippen LogP contribution in [-0.4, -0.2) is 45.8 Å². The molecule has 0 aromatic heterocycles. The van der Waals surface area contributed by atoms with Gasteiger partial charge in [-0.2, -0.15) is 0 Å². The molecule has 5 heteroatoms. The first kappa shape index (κ1) is 13.5. The van der Waals surface area contributed by atoms with E-state index in [0.717, 1.165) is 19.6 Å². The van der Waals surface area contributed by atoms with E-state index in [1.54, 1.807) is 12.1 Å². The Morgan fingerprint density at radius 1 is 1.33 bits per heavy atom. The van der Waals surface area contributed by atoms with Gasteiger partial charge in [-0.1, -0.05) is 12.1 Å². The molecule has 18 heavy (non-hydrogen) atoms. The van der Waals surface area contributed by atoms with Crippen LogP contribution in [0.4, 0.5) is 0 Å². The Morgan fingerprint density at radius 3 is 2.50 bits per heavy atom. The molecular formula is C13H20N2O2S. The van der Waals surface area contributed by atoms with Crippen molar-refractivity contribution in [2.45, 2.75) is 23.9 Å². The van der Waals surface area contributed by atoms with Crippen LogP contribution in [0.5, 0.6) is 0 Å². The highest BCUT2D eigenvalue weighted by molar-refractivity contribution is 7.90. The zero-order chi connectivity index (χ0) is 13.2. The van der Waals surface area contributed by atoms with Gasteiger partial charge in [-0.05, 0) is 31.2 Å². The maximum atomic E-state index is 11.4. The number of likely N-dealkylation sites (N-methyl/N-ethyl adjacent to an activating group) is 1. The molecule has 100 valence electrons. The van der Waals surface area contributed by atoms with Gasteiger partial charge in [0.15, 0.2) is 9.84 Å². The number of nitrogens with zero attached hydrogens (tertiary/aromatic N) is 1. The monoisotopic (exact) mass is 268 g/mol. The second kappa shape index (κ2) is 5.38. The number of rotatable bonds is 4. The van der Waals surface area contributed by atoms with Crippen molar-refractivity contribution in [3.8, 4) is 0 Å². The van der Waals surface area contributed by atoms with Crippen LogP contribution in [0.15, 0.2) is 29.2 Å². The van der Waals surface area contributed by atoms with E-state index in [-0.39, 0.29) is 0 Å². The third kappa shape index (κ3) is 3.31. The first-order chi connectivity index (χ1) is 8.49. The van der Waals surface area contributed by atoms with Crippen LogP contribution < -0.4 is 5.32 Å². The van der Waals surface area contributed by atoms with Gasteiger partial charge in [0.1, 0.15) is 0 Å². The quantitative estimate of drug-likeness (QED) is 0.881. The van der Waals surface area contributed by atoms with Crippen LogP contribution in [0.1, 0.15) is 12.0 Å². The lowest BCUT2D eigenvalue weighted by Gasteiger charge is -2.16. The van der Waals surface area contributed by atoms with Crippen LogP contribution in [-0.2, 0) is 16.4 Å². The summed E-state index contributed by atoms with van der Waals surface area (Å²) in [4.78, 5) is 2.78. The molecule has 1 aromatic carbocycles. The van der Waals surface area contributed by atoms with E-state index in [4.69, 9.17) is 0 Å². The second-order valence-corrected chi connectivity index (χ2v) is 6.94. The van der Waals surface area contributed by atoms with Crippen LogP contribution in [0.25, 0.3) is 0 Å². The lowest BCUT2D eigenvalue weighted by Crippen LogP contribution is -2.29. The SMILES string of the molecule is CNC1CCN(Cc2ccc(S(C)(=O)=O)cc2)C1. The van der Waals surface area contributed by atoms with Gasteiger partial charge in [-0.3, -0.25) is 4.90 Å². The Hall–Kier alpha value is -0.910. The van der Waals surface area contributed by atoms with Crippen molar-refractivity contribution in [3.63, 3.8) is 0 Å². The fourth-order valence-corrected chi connectivity index (χ4v) is 2.94. The summed E-state index contributed by atoms with van der Waals surface area (Å²) in [7, 11) is -1.09. The van der Waals surface area contributed by atoms with E-state index >= 15 is 0 Å². The molecule has 1 aromatic rings. The summed E-state index contributed by atoms with van der Waals surface area (Å²) in [6, 6.07) is 7.78. The molecule has 1 fully saturated rings. The van der Waals surface area contributed by atoms with Gasteiger partial charge in [0, 0.05) is 31.9 Å². The summed E-state index contributed by atoms with van der Waals surface area (Å²) in [6.45, 7) is 3.05. The number of likely N-dealkylation sites (tertiary alicyclic amines) is 1. The topological polar surface area (TPSA) is 49.4 Å². The zero-order valence-electron chi connectivity index (χ0n) is 10.9. The van der Waals surface area contributed by atoms with E-state index in [2.05, 4.69) is 10.2 Å². The molecule has 1 unspecified atom stereocenters. The van der Waals surface area contributed by atoms with Gasteiger partial charge >= 0.3 is 0 Å². The average molecular weight is 268 g/mol. The molecule has 1 aliphatic heterocycles. The van der Waals surface area contributed by atoms with Crippen molar-refractivity contribution in [3.05, 3.63) is 29.8 Å². The third-order valence-corrected chi connectivity index (χ3v) is 4.57. The summed E-state index contributed by atoms with van der Waals surface area (Å²) < 4.78 is 22.7. The molecule has 1 saturated heterocycles. The zero-order valence-corrected chi connectivity index (χ0v) is 11.7.